The molecule has 2 aliphatic heterocycles. The van der Waals surface area contributed by atoms with E-state index in [9.17, 15) is 4.79 Å². The lowest BCUT2D eigenvalue weighted by atomic mass is 9.72. The monoisotopic (exact) mass is 513 g/mol. The van der Waals surface area contributed by atoms with Gasteiger partial charge in [0, 0.05) is 78.8 Å². The number of nitrogens with zero attached hydrogens (tertiary/aromatic N) is 4. The maximum absolute atomic E-state index is 13.8. The van der Waals surface area contributed by atoms with Gasteiger partial charge in [-0.15, -0.1) is 0 Å². The lowest BCUT2D eigenvalue weighted by Crippen LogP contribution is -2.58. The maximum Gasteiger partial charge on any atom is 0.197 e. The number of hydrogen-bond donors (Lipinski definition) is 1. The summed E-state index contributed by atoms with van der Waals surface area (Å²) in [5, 5.41) is 0.965. The summed E-state index contributed by atoms with van der Waals surface area (Å²) in [7, 11) is 1.77. The minimum Gasteiger partial charge on any atom is -0.379 e. The molecule has 2 fully saturated rings. The third-order valence-electron chi connectivity index (χ3n) is 9.18. The van der Waals surface area contributed by atoms with Gasteiger partial charge in [-0.25, -0.2) is 4.98 Å². The number of aromatic amines is 1. The molecule has 1 aliphatic carbocycles. The quantitative estimate of drug-likeness (QED) is 0.489. The predicted molar refractivity (Wildman–Crippen MR) is 153 cm³/mol. The van der Waals surface area contributed by atoms with E-state index < -0.39 is 0 Å². The van der Waals surface area contributed by atoms with E-state index in [2.05, 4.69) is 52.7 Å². The molecular formula is C31H39N5O2. The summed E-state index contributed by atoms with van der Waals surface area (Å²) < 4.78 is 5.65. The summed E-state index contributed by atoms with van der Waals surface area (Å²) in [5.41, 5.74) is 5.45. The molecule has 1 aromatic carbocycles. The fourth-order valence-electron chi connectivity index (χ4n) is 7.11. The van der Waals surface area contributed by atoms with E-state index in [4.69, 9.17) is 9.72 Å². The van der Waals surface area contributed by atoms with Crippen LogP contribution in [0.1, 0.15) is 79.2 Å². The van der Waals surface area contributed by atoms with Crippen LogP contribution in [-0.4, -0.2) is 78.8 Å². The number of aliphatic imine (C=N–C) groups is 1. The molecule has 6 rings (SSSR count). The van der Waals surface area contributed by atoms with Crippen molar-refractivity contribution in [3.05, 3.63) is 58.4 Å². The van der Waals surface area contributed by atoms with Crippen molar-refractivity contribution in [2.75, 3.05) is 51.3 Å². The van der Waals surface area contributed by atoms with Gasteiger partial charge in [0.05, 0.1) is 18.8 Å². The molecule has 7 heteroatoms. The van der Waals surface area contributed by atoms with E-state index in [0.29, 0.717) is 0 Å². The van der Waals surface area contributed by atoms with E-state index in [1.807, 2.05) is 24.5 Å². The number of ketones is 1. The molecule has 2 aromatic heterocycles. The second kappa shape index (κ2) is 9.62. The SMILES string of the molecule is CCCC1(N2CCOCC2)CCN(c2cc3c(cn2)C(=O)c2c([nH]c4cc(C=NC)ccc24)C3(C)C)CC1. The highest BCUT2D eigenvalue weighted by Gasteiger charge is 2.42. The lowest BCUT2D eigenvalue weighted by Gasteiger charge is -2.50. The second-order valence-electron chi connectivity index (χ2n) is 11.7. The van der Waals surface area contributed by atoms with Crippen LogP contribution < -0.4 is 4.90 Å². The zero-order valence-electron chi connectivity index (χ0n) is 23.1. The van der Waals surface area contributed by atoms with E-state index in [-0.39, 0.29) is 16.7 Å². The van der Waals surface area contributed by atoms with Gasteiger partial charge in [-0.3, -0.25) is 14.7 Å². The minimum absolute atomic E-state index is 0.0597. The fourth-order valence-corrected chi connectivity index (χ4v) is 7.11. The van der Waals surface area contributed by atoms with E-state index >= 15 is 0 Å². The maximum atomic E-state index is 13.8. The lowest BCUT2D eigenvalue weighted by molar-refractivity contribution is -0.0362. The highest BCUT2D eigenvalue weighted by Crippen LogP contribution is 2.45. The van der Waals surface area contributed by atoms with Crippen molar-refractivity contribution in [2.45, 2.75) is 57.4 Å². The summed E-state index contributed by atoms with van der Waals surface area (Å²) in [6.45, 7) is 12.4. The van der Waals surface area contributed by atoms with Crippen molar-refractivity contribution in [2.24, 2.45) is 4.99 Å². The highest BCUT2D eigenvalue weighted by molar-refractivity contribution is 6.20. The summed E-state index contributed by atoms with van der Waals surface area (Å²) in [6.07, 6.45) is 8.36. The van der Waals surface area contributed by atoms with Crippen LogP contribution >= 0.6 is 0 Å². The Hall–Kier alpha value is -3.03. The first kappa shape index (κ1) is 25.3. The first-order valence-electron chi connectivity index (χ1n) is 14.1. The summed E-state index contributed by atoms with van der Waals surface area (Å²) in [5.74, 6) is 1.04. The van der Waals surface area contributed by atoms with Crippen molar-refractivity contribution in [3.8, 4) is 0 Å². The van der Waals surface area contributed by atoms with Gasteiger partial charge in [0.1, 0.15) is 5.82 Å². The van der Waals surface area contributed by atoms with Gasteiger partial charge < -0.3 is 14.6 Å². The molecule has 0 saturated carbocycles. The van der Waals surface area contributed by atoms with Crippen LogP contribution in [0.2, 0.25) is 0 Å². The number of H-pyrrole nitrogens is 1. The predicted octanol–water partition coefficient (Wildman–Crippen LogP) is 4.95. The molecule has 4 heterocycles. The number of piperidine rings is 1. The normalized spacial score (nSPS) is 21.2. The minimum atomic E-state index is -0.343. The van der Waals surface area contributed by atoms with Crippen LogP contribution in [0.4, 0.5) is 5.82 Å². The Kier molecular flexibility index (Phi) is 6.39. The number of rotatable bonds is 5. The zero-order valence-corrected chi connectivity index (χ0v) is 23.1. The van der Waals surface area contributed by atoms with Crippen LogP contribution in [-0.2, 0) is 10.2 Å². The Labute approximate surface area is 225 Å². The summed E-state index contributed by atoms with van der Waals surface area (Å²) >= 11 is 0. The number of carbonyl (C=O) groups is 1. The highest BCUT2D eigenvalue weighted by atomic mass is 16.5. The number of nitrogens with one attached hydrogen (secondary N) is 1. The van der Waals surface area contributed by atoms with Crippen LogP contribution in [0.25, 0.3) is 10.9 Å². The molecule has 2 saturated heterocycles. The number of benzene rings is 1. The number of aromatic nitrogens is 2. The van der Waals surface area contributed by atoms with Crippen molar-refractivity contribution in [1.29, 1.82) is 0 Å². The Balaban J connectivity index is 1.31. The second-order valence-corrected chi connectivity index (χ2v) is 11.7. The van der Waals surface area contributed by atoms with E-state index in [1.54, 1.807) is 7.05 Å². The number of fused-ring (bicyclic) bond motifs is 4. The average molecular weight is 514 g/mol. The third kappa shape index (κ3) is 3.98. The number of anilines is 1. The summed E-state index contributed by atoms with van der Waals surface area (Å²) in [6, 6.07) is 8.31. The Bertz CT molecular complexity index is 1390. The zero-order chi connectivity index (χ0) is 26.5. The van der Waals surface area contributed by atoms with Crippen molar-refractivity contribution < 1.29 is 9.53 Å². The molecule has 3 aliphatic rings. The molecule has 3 aromatic rings. The van der Waals surface area contributed by atoms with Gasteiger partial charge in [-0.1, -0.05) is 39.3 Å². The van der Waals surface area contributed by atoms with Gasteiger partial charge in [-0.2, -0.15) is 0 Å². The molecule has 7 nitrogen and oxygen atoms in total. The van der Waals surface area contributed by atoms with Gasteiger partial charge >= 0.3 is 0 Å². The molecule has 0 radical (unpaired) electrons. The number of ether oxygens (including phenoxy) is 1. The molecule has 0 amide bonds. The molecule has 200 valence electrons. The topological polar surface area (TPSA) is 73.8 Å². The Morgan fingerprint density at radius 2 is 1.89 bits per heavy atom. The molecule has 1 N–H and O–H groups in total. The van der Waals surface area contributed by atoms with Crippen LogP contribution in [0.5, 0.6) is 0 Å². The molecule has 0 spiro atoms. The molecule has 0 atom stereocenters. The van der Waals surface area contributed by atoms with E-state index in [1.165, 1.54) is 12.8 Å². The Morgan fingerprint density at radius 1 is 1.13 bits per heavy atom. The third-order valence-corrected chi connectivity index (χ3v) is 9.18. The van der Waals surface area contributed by atoms with Crippen LogP contribution in [0, 0.1) is 0 Å². The number of pyridine rings is 1. The first-order valence-corrected chi connectivity index (χ1v) is 14.1. The van der Waals surface area contributed by atoms with Crippen molar-refractivity contribution in [1.82, 2.24) is 14.9 Å². The molecule has 0 bridgehead atoms. The number of carbonyl (C=O) groups excluding carboxylic acids is 1. The molecule has 38 heavy (non-hydrogen) atoms. The summed E-state index contributed by atoms with van der Waals surface area (Å²) in [4.78, 5) is 31.5. The largest absolute Gasteiger partial charge is 0.379 e. The first-order chi connectivity index (χ1) is 18.4. The average Bonchev–Trinajstić information content (AvgIpc) is 3.33. The van der Waals surface area contributed by atoms with Crippen LogP contribution in [0.3, 0.4) is 0 Å². The standard InChI is InChI=1S/C31H39N5O2/c1-5-8-31(36-13-15-38-16-14-36)9-11-35(12-10-31)26-18-24-23(20-33-26)28(37)27-22-7-6-21(19-32-4)17-25(22)34-29(27)30(24,2)3/h6-7,17-20,34H,5,8-16H2,1-4H3. The molecular weight excluding hydrogens is 474 g/mol. The van der Waals surface area contributed by atoms with Gasteiger partial charge in [-0.05, 0) is 42.5 Å². The van der Waals surface area contributed by atoms with Gasteiger partial charge in [0.15, 0.2) is 5.78 Å². The van der Waals surface area contributed by atoms with Gasteiger partial charge in [0.25, 0.3) is 0 Å². The number of morpholine rings is 1. The van der Waals surface area contributed by atoms with Gasteiger partial charge in [0.2, 0.25) is 0 Å². The fraction of sp³-hybridized carbons (Fsp3) is 0.516. The molecule has 0 unspecified atom stereocenters. The smallest absolute Gasteiger partial charge is 0.197 e. The van der Waals surface area contributed by atoms with Crippen LogP contribution in [0.15, 0.2) is 35.5 Å². The van der Waals surface area contributed by atoms with E-state index in [0.717, 1.165) is 96.9 Å². The Morgan fingerprint density at radius 3 is 2.61 bits per heavy atom. The van der Waals surface area contributed by atoms with Crippen molar-refractivity contribution >= 4 is 28.7 Å². The van der Waals surface area contributed by atoms with Crippen molar-refractivity contribution in [3.63, 3.8) is 0 Å². The number of hydrogen-bond acceptors (Lipinski definition) is 6.